The number of aromatic nitrogens is 1. The molecule has 3 nitrogen and oxygen atoms in total. The molecule has 88 valence electrons. The minimum absolute atomic E-state index is 0.105. The molecule has 5 heteroatoms. The molecule has 0 aromatic carbocycles. The number of pyridine rings is 1. The molecule has 1 unspecified atom stereocenters. The van der Waals surface area contributed by atoms with E-state index in [1.165, 1.54) is 7.11 Å². The number of ketones is 1. The summed E-state index contributed by atoms with van der Waals surface area (Å²) < 4.78 is 5.17. The molecule has 0 bridgehead atoms. The van der Waals surface area contributed by atoms with Crippen LogP contribution in [0.2, 0.25) is 10.3 Å². The van der Waals surface area contributed by atoms with Crippen LogP contribution in [0.25, 0.3) is 0 Å². The van der Waals surface area contributed by atoms with Gasteiger partial charge in [0.2, 0.25) is 0 Å². The molecule has 0 saturated heterocycles. The van der Waals surface area contributed by atoms with Crippen LogP contribution in [0, 0.1) is 5.92 Å². The van der Waals surface area contributed by atoms with Crippen molar-refractivity contribution >= 4 is 29.0 Å². The number of methoxy groups -OCH3 is 1. The minimum Gasteiger partial charge on any atom is -0.496 e. The van der Waals surface area contributed by atoms with E-state index < -0.39 is 0 Å². The van der Waals surface area contributed by atoms with Gasteiger partial charge in [0.25, 0.3) is 0 Å². The SMILES string of the molecule is COc1cc(Cl)nc(Cl)c1CC(C)C(C)=O. The Balaban J connectivity index is 3.07. The average molecular weight is 262 g/mol. The van der Waals surface area contributed by atoms with Crippen LogP contribution < -0.4 is 4.74 Å². The quantitative estimate of drug-likeness (QED) is 0.782. The van der Waals surface area contributed by atoms with Crippen LogP contribution in [0.1, 0.15) is 19.4 Å². The third-order valence-corrected chi connectivity index (χ3v) is 2.93. The van der Waals surface area contributed by atoms with Gasteiger partial charge >= 0.3 is 0 Å². The number of hydrogen-bond acceptors (Lipinski definition) is 3. The molecule has 1 atom stereocenters. The topological polar surface area (TPSA) is 39.2 Å². The monoisotopic (exact) mass is 261 g/mol. The number of rotatable bonds is 4. The van der Waals surface area contributed by atoms with Crippen molar-refractivity contribution < 1.29 is 9.53 Å². The standard InChI is InChI=1S/C11H13Cl2NO2/c1-6(7(2)15)4-8-9(16-3)5-10(12)14-11(8)13/h5-6H,4H2,1-3H3. The van der Waals surface area contributed by atoms with Gasteiger partial charge in [0.15, 0.2) is 0 Å². The molecular weight excluding hydrogens is 249 g/mol. The molecule has 0 aliphatic rings. The lowest BCUT2D eigenvalue weighted by atomic mass is 9.98. The maximum atomic E-state index is 11.2. The van der Waals surface area contributed by atoms with Crippen molar-refractivity contribution in [3.8, 4) is 5.75 Å². The third-order valence-electron chi connectivity index (χ3n) is 2.43. The van der Waals surface area contributed by atoms with E-state index in [0.717, 1.165) is 5.56 Å². The van der Waals surface area contributed by atoms with E-state index in [2.05, 4.69) is 4.98 Å². The highest BCUT2D eigenvalue weighted by Gasteiger charge is 2.16. The van der Waals surface area contributed by atoms with Crippen LogP contribution in [0.4, 0.5) is 0 Å². The summed E-state index contributed by atoms with van der Waals surface area (Å²) >= 11 is 11.7. The summed E-state index contributed by atoms with van der Waals surface area (Å²) in [5.74, 6) is 0.556. The predicted molar refractivity (Wildman–Crippen MR) is 64.4 cm³/mol. The molecule has 0 aliphatic heterocycles. The molecular formula is C11H13Cl2NO2. The maximum absolute atomic E-state index is 11.2. The molecule has 1 rings (SSSR count). The van der Waals surface area contributed by atoms with Gasteiger partial charge in [-0.15, -0.1) is 0 Å². The second-order valence-corrected chi connectivity index (χ2v) is 4.38. The Morgan fingerprint density at radius 2 is 2.19 bits per heavy atom. The molecule has 0 aliphatic carbocycles. The van der Waals surface area contributed by atoms with E-state index >= 15 is 0 Å². The average Bonchev–Trinajstić information content (AvgIpc) is 2.21. The number of ether oxygens (including phenoxy) is 1. The fraction of sp³-hybridized carbons (Fsp3) is 0.455. The summed E-state index contributed by atoms with van der Waals surface area (Å²) in [5, 5.41) is 0.568. The van der Waals surface area contributed by atoms with Gasteiger partial charge in [-0.05, 0) is 13.3 Å². The fourth-order valence-corrected chi connectivity index (χ4v) is 1.80. The fourth-order valence-electron chi connectivity index (χ4n) is 1.31. The van der Waals surface area contributed by atoms with Gasteiger partial charge in [-0.3, -0.25) is 4.79 Å². The smallest absolute Gasteiger partial charge is 0.137 e. The molecule has 1 aromatic heterocycles. The van der Waals surface area contributed by atoms with Gasteiger partial charge in [-0.2, -0.15) is 0 Å². The number of carbonyl (C=O) groups is 1. The first-order chi connectivity index (χ1) is 7.45. The number of halogens is 2. The molecule has 0 radical (unpaired) electrons. The zero-order valence-corrected chi connectivity index (χ0v) is 10.9. The van der Waals surface area contributed by atoms with Crippen LogP contribution in [0.3, 0.4) is 0 Å². The van der Waals surface area contributed by atoms with Gasteiger partial charge in [0.1, 0.15) is 21.8 Å². The lowest BCUT2D eigenvalue weighted by Crippen LogP contribution is -2.11. The minimum atomic E-state index is -0.116. The Hall–Kier alpha value is -0.800. The molecule has 0 fully saturated rings. The Labute approximate surface area is 105 Å². The maximum Gasteiger partial charge on any atom is 0.137 e. The van der Waals surface area contributed by atoms with Crippen molar-refractivity contribution in [1.82, 2.24) is 4.98 Å². The summed E-state index contributed by atoms with van der Waals surface area (Å²) in [6, 6.07) is 1.59. The van der Waals surface area contributed by atoms with Crippen molar-refractivity contribution in [2.24, 2.45) is 5.92 Å². The molecule has 16 heavy (non-hydrogen) atoms. The van der Waals surface area contributed by atoms with Crippen LogP contribution in [-0.4, -0.2) is 17.9 Å². The predicted octanol–water partition coefficient (Wildman–Crippen LogP) is 3.16. The second-order valence-electron chi connectivity index (χ2n) is 3.63. The van der Waals surface area contributed by atoms with E-state index in [9.17, 15) is 4.79 Å². The lowest BCUT2D eigenvalue weighted by molar-refractivity contribution is -0.120. The molecule has 0 amide bonds. The van der Waals surface area contributed by atoms with Crippen LogP contribution >= 0.6 is 23.2 Å². The number of carbonyl (C=O) groups excluding carboxylic acids is 1. The van der Waals surface area contributed by atoms with E-state index in [0.29, 0.717) is 12.2 Å². The second kappa shape index (κ2) is 5.51. The van der Waals surface area contributed by atoms with Crippen LogP contribution in [-0.2, 0) is 11.2 Å². The Kier molecular flexibility index (Phi) is 4.56. The molecule has 0 saturated carbocycles. The highest BCUT2D eigenvalue weighted by Crippen LogP contribution is 2.30. The van der Waals surface area contributed by atoms with Crippen molar-refractivity contribution in [3.05, 3.63) is 21.9 Å². The van der Waals surface area contributed by atoms with E-state index in [1.807, 2.05) is 6.92 Å². The van der Waals surface area contributed by atoms with Crippen LogP contribution in [0.5, 0.6) is 5.75 Å². The van der Waals surface area contributed by atoms with Crippen molar-refractivity contribution in [2.45, 2.75) is 20.3 Å². The van der Waals surface area contributed by atoms with Crippen molar-refractivity contribution in [3.63, 3.8) is 0 Å². The normalized spacial score (nSPS) is 12.3. The summed E-state index contributed by atoms with van der Waals surface area (Å²) in [6.45, 7) is 3.39. The van der Waals surface area contributed by atoms with E-state index in [4.69, 9.17) is 27.9 Å². The Morgan fingerprint density at radius 1 is 1.56 bits per heavy atom. The Morgan fingerprint density at radius 3 is 2.69 bits per heavy atom. The highest BCUT2D eigenvalue weighted by atomic mass is 35.5. The highest BCUT2D eigenvalue weighted by molar-refractivity contribution is 6.33. The summed E-state index contributed by atoms with van der Waals surface area (Å²) in [6.07, 6.45) is 0.501. The van der Waals surface area contributed by atoms with Gasteiger partial charge in [0.05, 0.1) is 7.11 Å². The first-order valence-electron chi connectivity index (χ1n) is 4.85. The zero-order valence-electron chi connectivity index (χ0n) is 9.38. The van der Waals surface area contributed by atoms with Crippen molar-refractivity contribution in [2.75, 3.05) is 7.11 Å². The molecule has 1 heterocycles. The molecule has 0 spiro atoms. The first-order valence-corrected chi connectivity index (χ1v) is 5.60. The van der Waals surface area contributed by atoms with E-state index in [1.54, 1.807) is 13.0 Å². The van der Waals surface area contributed by atoms with Gasteiger partial charge in [0, 0.05) is 17.5 Å². The Bertz CT molecular complexity index is 407. The van der Waals surface area contributed by atoms with Crippen LogP contribution in [0.15, 0.2) is 6.07 Å². The van der Waals surface area contributed by atoms with E-state index in [-0.39, 0.29) is 22.0 Å². The molecule has 0 N–H and O–H groups in total. The summed E-state index contributed by atoms with van der Waals surface area (Å²) in [7, 11) is 1.53. The van der Waals surface area contributed by atoms with Gasteiger partial charge in [-0.25, -0.2) is 4.98 Å². The third kappa shape index (κ3) is 3.09. The summed E-state index contributed by atoms with van der Waals surface area (Å²) in [4.78, 5) is 15.1. The number of nitrogens with zero attached hydrogens (tertiary/aromatic N) is 1. The van der Waals surface area contributed by atoms with Gasteiger partial charge < -0.3 is 4.74 Å². The molecule has 1 aromatic rings. The lowest BCUT2D eigenvalue weighted by Gasteiger charge is -2.13. The zero-order chi connectivity index (χ0) is 12.3. The number of hydrogen-bond donors (Lipinski definition) is 0. The number of Topliss-reactive ketones (excluding diaryl/α,β-unsaturated/α-hetero) is 1. The van der Waals surface area contributed by atoms with Gasteiger partial charge in [-0.1, -0.05) is 30.1 Å². The first kappa shape index (κ1) is 13.3. The summed E-state index contributed by atoms with van der Waals surface area (Å²) in [5.41, 5.74) is 0.719. The largest absolute Gasteiger partial charge is 0.496 e. The van der Waals surface area contributed by atoms with Crippen molar-refractivity contribution in [1.29, 1.82) is 0 Å².